The monoisotopic (exact) mass is 294 g/mol. The summed E-state index contributed by atoms with van der Waals surface area (Å²) in [5.41, 5.74) is 0. The molecule has 20 heavy (non-hydrogen) atoms. The van der Waals surface area contributed by atoms with Gasteiger partial charge in [0.05, 0.1) is 19.3 Å². The summed E-state index contributed by atoms with van der Waals surface area (Å²) < 4.78 is 5.88. The van der Waals surface area contributed by atoms with Gasteiger partial charge in [0.25, 0.3) is 0 Å². The first-order valence-corrected chi connectivity index (χ1v) is 8.26. The zero-order valence-corrected chi connectivity index (χ0v) is 12.7. The summed E-state index contributed by atoms with van der Waals surface area (Å²) in [4.78, 5) is 16.4. The third kappa shape index (κ3) is 3.05. The van der Waals surface area contributed by atoms with Crippen LogP contribution in [0.25, 0.3) is 0 Å². The second kappa shape index (κ2) is 6.24. The molecule has 2 fully saturated rings. The number of aryl methyl sites for hydroxylation is 1. The van der Waals surface area contributed by atoms with Crippen molar-refractivity contribution < 1.29 is 9.53 Å². The third-order valence-corrected chi connectivity index (χ3v) is 5.15. The molecule has 1 unspecified atom stereocenters. The van der Waals surface area contributed by atoms with Gasteiger partial charge in [-0.3, -0.25) is 10.1 Å². The minimum atomic E-state index is 0.0355. The van der Waals surface area contributed by atoms with Gasteiger partial charge in [0.15, 0.2) is 0 Å². The summed E-state index contributed by atoms with van der Waals surface area (Å²) in [7, 11) is 0. The Morgan fingerprint density at radius 3 is 2.90 bits per heavy atom. The van der Waals surface area contributed by atoms with Crippen LogP contribution in [0.2, 0.25) is 0 Å². The number of thiophene rings is 1. The first-order valence-electron chi connectivity index (χ1n) is 7.45. The van der Waals surface area contributed by atoms with Gasteiger partial charge in [-0.25, -0.2) is 0 Å². The van der Waals surface area contributed by atoms with Gasteiger partial charge in [-0.05, 0) is 31.9 Å². The summed E-state index contributed by atoms with van der Waals surface area (Å²) >= 11 is 1.75. The Morgan fingerprint density at radius 1 is 1.40 bits per heavy atom. The molecule has 1 N–H and O–H groups in total. The van der Waals surface area contributed by atoms with E-state index in [1.807, 2.05) is 4.90 Å². The lowest BCUT2D eigenvalue weighted by Gasteiger charge is -2.24. The Morgan fingerprint density at radius 2 is 2.20 bits per heavy atom. The average molecular weight is 294 g/mol. The molecule has 0 bridgehead atoms. The quantitative estimate of drug-likeness (QED) is 0.907. The van der Waals surface area contributed by atoms with Crippen LogP contribution in [-0.4, -0.2) is 36.6 Å². The topological polar surface area (TPSA) is 41.6 Å². The van der Waals surface area contributed by atoms with Crippen molar-refractivity contribution in [1.29, 1.82) is 0 Å². The van der Waals surface area contributed by atoms with Gasteiger partial charge in [-0.1, -0.05) is 12.8 Å². The fourth-order valence-electron chi connectivity index (χ4n) is 3.02. The van der Waals surface area contributed by atoms with Crippen molar-refractivity contribution in [2.75, 3.05) is 19.7 Å². The van der Waals surface area contributed by atoms with Crippen LogP contribution in [0.15, 0.2) is 12.1 Å². The van der Waals surface area contributed by atoms with Crippen LogP contribution in [0.5, 0.6) is 0 Å². The highest BCUT2D eigenvalue weighted by Crippen LogP contribution is 2.28. The predicted molar refractivity (Wildman–Crippen MR) is 79.7 cm³/mol. The molecule has 4 nitrogen and oxygen atoms in total. The fraction of sp³-hybridized carbons (Fsp3) is 0.667. The maximum atomic E-state index is 12.0. The molecule has 5 heteroatoms. The van der Waals surface area contributed by atoms with Crippen molar-refractivity contribution in [3.63, 3.8) is 0 Å². The maximum absolute atomic E-state index is 12.0. The number of ether oxygens (including phenoxy) is 1. The van der Waals surface area contributed by atoms with Crippen LogP contribution in [0.4, 0.5) is 0 Å². The Kier molecular flexibility index (Phi) is 4.38. The second-order valence-corrected chi connectivity index (χ2v) is 6.92. The lowest BCUT2D eigenvalue weighted by Crippen LogP contribution is -2.33. The van der Waals surface area contributed by atoms with Crippen LogP contribution in [0, 0.1) is 6.92 Å². The standard InChI is InChI=1S/C15H22N2O2S/c1-11-6-7-13(20-11)15-16-10-14(18)17(15)8-9-19-12-4-2-3-5-12/h6-7,12,15-16H,2-5,8-10H2,1H3. The summed E-state index contributed by atoms with van der Waals surface area (Å²) in [5.74, 6) is 0.177. The van der Waals surface area contributed by atoms with E-state index in [0.29, 0.717) is 25.8 Å². The Balaban J connectivity index is 1.56. The van der Waals surface area contributed by atoms with Crippen molar-refractivity contribution in [3.8, 4) is 0 Å². The van der Waals surface area contributed by atoms with Gasteiger partial charge in [-0.15, -0.1) is 11.3 Å². The smallest absolute Gasteiger partial charge is 0.238 e. The summed E-state index contributed by atoms with van der Waals surface area (Å²) in [5, 5.41) is 3.30. The number of hydrogen-bond donors (Lipinski definition) is 1. The molecule has 1 aliphatic heterocycles. The van der Waals surface area contributed by atoms with E-state index < -0.39 is 0 Å². The van der Waals surface area contributed by atoms with E-state index >= 15 is 0 Å². The molecule has 1 saturated heterocycles. The molecule has 2 aliphatic rings. The first-order chi connectivity index (χ1) is 9.74. The van der Waals surface area contributed by atoms with Crippen molar-refractivity contribution in [2.24, 2.45) is 0 Å². The number of carbonyl (C=O) groups excluding carboxylic acids is 1. The largest absolute Gasteiger partial charge is 0.376 e. The van der Waals surface area contributed by atoms with E-state index in [4.69, 9.17) is 4.74 Å². The molecular weight excluding hydrogens is 272 g/mol. The summed E-state index contributed by atoms with van der Waals surface area (Å²) in [6.07, 6.45) is 5.38. The third-order valence-electron chi connectivity index (χ3n) is 4.10. The number of hydrogen-bond acceptors (Lipinski definition) is 4. The van der Waals surface area contributed by atoms with Gasteiger partial charge < -0.3 is 9.64 Å². The lowest BCUT2D eigenvalue weighted by molar-refractivity contribution is -0.129. The van der Waals surface area contributed by atoms with Crippen LogP contribution in [0.3, 0.4) is 0 Å². The second-order valence-electron chi connectivity index (χ2n) is 5.60. The summed E-state index contributed by atoms with van der Waals surface area (Å²) in [6.45, 7) is 3.87. The van der Waals surface area contributed by atoms with Crippen molar-refractivity contribution in [3.05, 3.63) is 21.9 Å². The van der Waals surface area contributed by atoms with E-state index in [-0.39, 0.29) is 12.1 Å². The predicted octanol–water partition coefficient (Wildman–Crippen LogP) is 2.45. The van der Waals surface area contributed by atoms with Crippen LogP contribution in [0.1, 0.15) is 41.6 Å². The normalized spacial score (nSPS) is 23.9. The molecule has 1 atom stereocenters. The van der Waals surface area contributed by atoms with E-state index in [1.54, 1.807) is 11.3 Å². The zero-order valence-electron chi connectivity index (χ0n) is 11.9. The number of rotatable bonds is 5. The van der Waals surface area contributed by atoms with Crippen molar-refractivity contribution >= 4 is 17.2 Å². The number of carbonyl (C=O) groups is 1. The molecule has 0 aromatic carbocycles. The summed E-state index contributed by atoms with van der Waals surface area (Å²) in [6, 6.07) is 4.22. The molecule has 2 heterocycles. The van der Waals surface area contributed by atoms with E-state index in [9.17, 15) is 4.79 Å². The molecule has 1 aromatic rings. The van der Waals surface area contributed by atoms with Crippen LogP contribution < -0.4 is 5.32 Å². The Labute approximate surface area is 124 Å². The van der Waals surface area contributed by atoms with Crippen molar-refractivity contribution in [2.45, 2.75) is 44.9 Å². The molecule has 0 spiro atoms. The van der Waals surface area contributed by atoms with Crippen molar-refractivity contribution in [1.82, 2.24) is 10.2 Å². The maximum Gasteiger partial charge on any atom is 0.238 e. The Hall–Kier alpha value is -0.910. The lowest BCUT2D eigenvalue weighted by atomic mass is 10.3. The molecule has 1 aromatic heterocycles. The molecule has 0 radical (unpaired) electrons. The number of amides is 1. The highest BCUT2D eigenvalue weighted by molar-refractivity contribution is 7.12. The van der Waals surface area contributed by atoms with E-state index in [1.165, 1.54) is 35.4 Å². The fourth-order valence-corrected chi connectivity index (χ4v) is 3.99. The van der Waals surface area contributed by atoms with E-state index in [2.05, 4.69) is 24.4 Å². The average Bonchev–Trinajstić information content (AvgIpc) is 3.13. The number of nitrogens with zero attached hydrogens (tertiary/aromatic N) is 1. The molecular formula is C15H22N2O2S. The van der Waals surface area contributed by atoms with Gasteiger partial charge >= 0.3 is 0 Å². The molecule has 1 amide bonds. The minimum Gasteiger partial charge on any atom is -0.376 e. The van der Waals surface area contributed by atoms with Gasteiger partial charge in [0.1, 0.15) is 6.17 Å². The molecule has 1 saturated carbocycles. The minimum absolute atomic E-state index is 0.0355. The van der Waals surface area contributed by atoms with Gasteiger partial charge in [-0.2, -0.15) is 0 Å². The molecule has 110 valence electrons. The first kappa shape index (κ1) is 14.0. The van der Waals surface area contributed by atoms with Gasteiger partial charge in [0, 0.05) is 16.3 Å². The van der Waals surface area contributed by atoms with E-state index in [0.717, 1.165) is 0 Å². The zero-order chi connectivity index (χ0) is 13.9. The highest BCUT2D eigenvalue weighted by Gasteiger charge is 2.32. The van der Waals surface area contributed by atoms with Crippen LogP contribution in [-0.2, 0) is 9.53 Å². The molecule has 3 rings (SSSR count). The molecule has 1 aliphatic carbocycles. The number of nitrogens with one attached hydrogen (secondary N) is 1. The highest BCUT2D eigenvalue weighted by atomic mass is 32.1. The van der Waals surface area contributed by atoms with Crippen LogP contribution >= 0.6 is 11.3 Å². The SMILES string of the molecule is Cc1ccc(C2NCC(=O)N2CCOC2CCCC2)s1. The van der Waals surface area contributed by atoms with Gasteiger partial charge in [0.2, 0.25) is 5.91 Å². The Bertz CT molecular complexity index is 468.